The summed E-state index contributed by atoms with van der Waals surface area (Å²) in [4.78, 5) is 12.8. The molecule has 0 aliphatic heterocycles. The van der Waals surface area contributed by atoms with Crippen LogP contribution in [0.3, 0.4) is 0 Å². The first-order chi connectivity index (χ1) is 5.20. The maximum atomic E-state index is 11.2. The molecule has 0 N–H and O–H groups in total. The minimum absolute atomic E-state index is 0.221. The summed E-state index contributed by atoms with van der Waals surface area (Å²) in [5.74, 6) is 0.221. The van der Waals surface area contributed by atoms with Gasteiger partial charge in [-0.3, -0.25) is 4.79 Å². The lowest BCUT2D eigenvalue weighted by molar-refractivity contribution is -0.127. The molecule has 62 valence electrons. The maximum Gasteiger partial charge on any atom is 0.226 e. The highest BCUT2D eigenvalue weighted by Gasteiger charge is 2.10. The second-order valence-electron chi connectivity index (χ2n) is 3.22. The predicted molar refractivity (Wildman–Crippen MR) is 45.2 cm³/mol. The monoisotopic (exact) mass is 153 g/mol. The van der Waals surface area contributed by atoms with E-state index >= 15 is 0 Å². The van der Waals surface area contributed by atoms with E-state index in [0.717, 1.165) is 12.8 Å². The van der Waals surface area contributed by atoms with Crippen LogP contribution in [-0.2, 0) is 4.79 Å². The van der Waals surface area contributed by atoms with Gasteiger partial charge in [0.15, 0.2) is 0 Å². The second-order valence-corrected chi connectivity index (χ2v) is 3.22. The first-order valence-corrected chi connectivity index (χ1v) is 4.08. The minimum Gasteiger partial charge on any atom is -0.349 e. The van der Waals surface area contributed by atoms with Crippen LogP contribution < -0.4 is 0 Å². The zero-order valence-corrected chi connectivity index (χ0v) is 7.26. The van der Waals surface area contributed by atoms with E-state index in [0.29, 0.717) is 6.42 Å². The number of nitrogens with zero attached hydrogens (tertiary/aromatic N) is 1. The van der Waals surface area contributed by atoms with Crippen LogP contribution >= 0.6 is 0 Å². The lowest BCUT2D eigenvalue weighted by atomic mass is 10.1. The van der Waals surface area contributed by atoms with Crippen molar-refractivity contribution in [3.63, 3.8) is 0 Å². The lowest BCUT2D eigenvalue weighted by Crippen LogP contribution is -2.21. The highest BCUT2D eigenvalue weighted by molar-refractivity contribution is 5.78. The number of allylic oxidation sites excluding steroid dienone is 1. The largest absolute Gasteiger partial charge is 0.349 e. The Labute approximate surface area is 67.9 Å². The van der Waals surface area contributed by atoms with Gasteiger partial charge in [-0.2, -0.15) is 0 Å². The van der Waals surface area contributed by atoms with Gasteiger partial charge in [-0.1, -0.05) is 11.6 Å². The molecule has 1 rings (SSSR count). The van der Waals surface area contributed by atoms with E-state index in [1.54, 1.807) is 19.0 Å². The Bertz CT molecular complexity index is 182. The zero-order chi connectivity index (χ0) is 8.27. The van der Waals surface area contributed by atoms with Crippen molar-refractivity contribution in [3.8, 4) is 0 Å². The van der Waals surface area contributed by atoms with Crippen molar-refractivity contribution in [3.05, 3.63) is 11.6 Å². The average molecular weight is 153 g/mol. The van der Waals surface area contributed by atoms with E-state index in [2.05, 4.69) is 6.08 Å². The molecule has 0 spiro atoms. The van der Waals surface area contributed by atoms with Crippen LogP contribution in [0.25, 0.3) is 0 Å². The van der Waals surface area contributed by atoms with Gasteiger partial charge in [0.25, 0.3) is 0 Å². The van der Waals surface area contributed by atoms with Crippen LogP contribution in [0.15, 0.2) is 11.6 Å². The van der Waals surface area contributed by atoms with Crippen LogP contribution in [0.5, 0.6) is 0 Å². The van der Waals surface area contributed by atoms with Crippen molar-refractivity contribution in [1.82, 2.24) is 4.90 Å². The minimum atomic E-state index is 0.221. The van der Waals surface area contributed by atoms with Crippen LogP contribution in [0.4, 0.5) is 0 Å². The molecule has 0 unspecified atom stereocenters. The molecular formula is C9H15NO. The van der Waals surface area contributed by atoms with Gasteiger partial charge < -0.3 is 4.90 Å². The van der Waals surface area contributed by atoms with Gasteiger partial charge in [0.1, 0.15) is 0 Å². The van der Waals surface area contributed by atoms with Crippen LogP contribution in [0.2, 0.25) is 0 Å². The Balaban J connectivity index is 2.35. The van der Waals surface area contributed by atoms with Gasteiger partial charge >= 0.3 is 0 Å². The summed E-state index contributed by atoms with van der Waals surface area (Å²) in [6, 6.07) is 0. The summed E-state index contributed by atoms with van der Waals surface area (Å²) in [7, 11) is 3.61. The molecule has 0 saturated heterocycles. The number of hydrogen-bond donors (Lipinski definition) is 0. The van der Waals surface area contributed by atoms with E-state index in [9.17, 15) is 4.79 Å². The smallest absolute Gasteiger partial charge is 0.226 e. The van der Waals surface area contributed by atoms with Gasteiger partial charge in [-0.25, -0.2) is 0 Å². The fourth-order valence-corrected chi connectivity index (χ4v) is 1.25. The standard InChI is InChI=1S/C9H15NO/c1-10(2)9(11)7-8-5-3-4-6-8/h5H,3-4,6-7H2,1-2H3. The molecule has 1 aliphatic rings. The summed E-state index contributed by atoms with van der Waals surface area (Å²) < 4.78 is 0. The fourth-order valence-electron chi connectivity index (χ4n) is 1.25. The molecule has 0 atom stereocenters. The summed E-state index contributed by atoms with van der Waals surface area (Å²) in [6.45, 7) is 0. The topological polar surface area (TPSA) is 20.3 Å². The molecule has 0 saturated carbocycles. The Morgan fingerprint density at radius 1 is 1.64 bits per heavy atom. The molecule has 11 heavy (non-hydrogen) atoms. The molecule has 0 heterocycles. The first kappa shape index (κ1) is 8.31. The van der Waals surface area contributed by atoms with Crippen molar-refractivity contribution in [2.75, 3.05) is 14.1 Å². The normalized spacial score (nSPS) is 16.4. The Hall–Kier alpha value is -0.790. The Kier molecular flexibility index (Phi) is 2.69. The van der Waals surface area contributed by atoms with E-state index in [-0.39, 0.29) is 5.91 Å². The maximum absolute atomic E-state index is 11.2. The lowest BCUT2D eigenvalue weighted by Gasteiger charge is -2.09. The van der Waals surface area contributed by atoms with E-state index in [1.165, 1.54) is 12.0 Å². The van der Waals surface area contributed by atoms with Gasteiger partial charge in [0.2, 0.25) is 5.91 Å². The molecule has 2 nitrogen and oxygen atoms in total. The third-order valence-electron chi connectivity index (χ3n) is 2.01. The van der Waals surface area contributed by atoms with Crippen molar-refractivity contribution in [2.45, 2.75) is 25.7 Å². The van der Waals surface area contributed by atoms with Gasteiger partial charge in [-0.05, 0) is 19.3 Å². The van der Waals surface area contributed by atoms with Crippen LogP contribution in [-0.4, -0.2) is 24.9 Å². The Morgan fingerprint density at radius 3 is 2.82 bits per heavy atom. The van der Waals surface area contributed by atoms with Crippen molar-refractivity contribution >= 4 is 5.91 Å². The molecule has 0 aromatic heterocycles. The molecular weight excluding hydrogens is 138 g/mol. The molecule has 0 aromatic rings. The molecule has 1 amide bonds. The summed E-state index contributed by atoms with van der Waals surface area (Å²) in [5, 5.41) is 0. The van der Waals surface area contributed by atoms with Gasteiger partial charge in [0.05, 0.1) is 0 Å². The van der Waals surface area contributed by atoms with Crippen molar-refractivity contribution in [2.24, 2.45) is 0 Å². The number of carbonyl (C=O) groups excluding carboxylic acids is 1. The second kappa shape index (κ2) is 3.56. The van der Waals surface area contributed by atoms with Gasteiger partial charge in [0, 0.05) is 20.5 Å². The number of rotatable bonds is 2. The van der Waals surface area contributed by atoms with E-state index in [4.69, 9.17) is 0 Å². The van der Waals surface area contributed by atoms with Crippen LogP contribution in [0, 0.1) is 0 Å². The highest BCUT2D eigenvalue weighted by atomic mass is 16.2. The Morgan fingerprint density at radius 2 is 2.36 bits per heavy atom. The number of hydrogen-bond acceptors (Lipinski definition) is 1. The highest BCUT2D eigenvalue weighted by Crippen LogP contribution is 2.20. The number of amides is 1. The molecule has 2 heteroatoms. The molecule has 0 aromatic carbocycles. The predicted octanol–water partition coefficient (Wildman–Crippen LogP) is 1.57. The fraction of sp³-hybridized carbons (Fsp3) is 0.667. The average Bonchev–Trinajstić information content (AvgIpc) is 2.39. The SMILES string of the molecule is CN(C)C(=O)CC1=CCCC1. The molecule has 0 radical (unpaired) electrons. The van der Waals surface area contributed by atoms with E-state index in [1.807, 2.05) is 0 Å². The number of carbonyl (C=O) groups is 1. The zero-order valence-electron chi connectivity index (χ0n) is 7.26. The van der Waals surface area contributed by atoms with E-state index < -0.39 is 0 Å². The van der Waals surface area contributed by atoms with Crippen molar-refractivity contribution in [1.29, 1.82) is 0 Å². The molecule has 0 bridgehead atoms. The first-order valence-electron chi connectivity index (χ1n) is 4.08. The molecule has 1 aliphatic carbocycles. The summed E-state index contributed by atoms with van der Waals surface area (Å²) in [6.07, 6.45) is 6.35. The third kappa shape index (κ3) is 2.37. The summed E-state index contributed by atoms with van der Waals surface area (Å²) in [5.41, 5.74) is 1.32. The van der Waals surface area contributed by atoms with Gasteiger partial charge in [-0.15, -0.1) is 0 Å². The quantitative estimate of drug-likeness (QED) is 0.551. The van der Waals surface area contributed by atoms with Crippen LogP contribution in [0.1, 0.15) is 25.7 Å². The third-order valence-corrected chi connectivity index (χ3v) is 2.01. The molecule has 0 fully saturated rings. The van der Waals surface area contributed by atoms with Crippen molar-refractivity contribution < 1.29 is 4.79 Å². The summed E-state index contributed by atoms with van der Waals surface area (Å²) >= 11 is 0.